The molecule has 0 saturated heterocycles. The van der Waals surface area contributed by atoms with Crippen LogP contribution in [0.1, 0.15) is 0 Å². The number of carbonyl (C=O) groups is 2. The normalized spacial score (nSPS) is 10.6. The molecule has 2 amide bonds. The van der Waals surface area contributed by atoms with Gasteiger partial charge >= 0.3 is 0 Å². The van der Waals surface area contributed by atoms with Gasteiger partial charge in [0.05, 0.1) is 49.5 Å². The summed E-state index contributed by atoms with van der Waals surface area (Å²) in [4.78, 5) is 24.7. The molecule has 0 spiro atoms. The molecule has 2 heterocycles. The van der Waals surface area contributed by atoms with E-state index in [1.165, 1.54) is 37.7 Å². The maximum absolute atomic E-state index is 12.3. The van der Waals surface area contributed by atoms with Crippen LogP contribution >= 0.6 is 23.5 Å². The zero-order chi connectivity index (χ0) is 25.3. The number of amides is 2. The number of ether oxygens (including phenoxy) is 2. The van der Waals surface area contributed by atoms with E-state index in [1.807, 2.05) is 24.3 Å². The third-order valence-corrected chi connectivity index (χ3v) is 6.57. The minimum absolute atomic E-state index is 0.179. The minimum atomic E-state index is -0.197. The molecule has 0 unspecified atom stereocenters. The van der Waals surface area contributed by atoms with Gasteiger partial charge in [0.25, 0.3) is 0 Å². The van der Waals surface area contributed by atoms with E-state index in [1.54, 1.807) is 24.5 Å². The fourth-order valence-corrected chi connectivity index (χ4v) is 4.29. The van der Waals surface area contributed by atoms with Crippen molar-refractivity contribution in [3.8, 4) is 22.6 Å². The summed E-state index contributed by atoms with van der Waals surface area (Å²) in [6.45, 7) is 0. The maximum Gasteiger partial charge on any atom is 0.234 e. The molecule has 0 atom stereocenters. The van der Waals surface area contributed by atoms with Crippen molar-refractivity contribution < 1.29 is 19.1 Å². The SMILES string of the molecule is COc1cc(-c2ccc(NC(=O)CSc3cn[nH]n3)c(OC)c2)ccc1NC(=O)CSc1cn[nH]n1. The number of aromatic amines is 2. The van der Waals surface area contributed by atoms with Crippen LogP contribution in [0.3, 0.4) is 0 Å². The summed E-state index contributed by atoms with van der Waals surface area (Å²) < 4.78 is 11.0. The summed E-state index contributed by atoms with van der Waals surface area (Å²) in [6.07, 6.45) is 3.10. The van der Waals surface area contributed by atoms with Gasteiger partial charge in [-0.05, 0) is 35.4 Å². The van der Waals surface area contributed by atoms with E-state index in [2.05, 4.69) is 41.5 Å². The lowest BCUT2D eigenvalue weighted by atomic mass is 10.0. The Bertz CT molecular complexity index is 1210. The summed E-state index contributed by atoms with van der Waals surface area (Å²) in [5.74, 6) is 0.981. The second-order valence-electron chi connectivity index (χ2n) is 7.12. The zero-order valence-electron chi connectivity index (χ0n) is 19.3. The first-order valence-electron chi connectivity index (χ1n) is 10.5. The molecule has 0 aliphatic carbocycles. The van der Waals surface area contributed by atoms with E-state index in [0.717, 1.165) is 11.1 Å². The first-order valence-corrected chi connectivity index (χ1v) is 12.5. The molecule has 0 saturated carbocycles. The molecule has 4 rings (SSSR count). The van der Waals surface area contributed by atoms with Gasteiger partial charge in [0.2, 0.25) is 11.8 Å². The Kier molecular flexibility index (Phi) is 8.41. The Morgan fingerprint density at radius 3 is 1.58 bits per heavy atom. The van der Waals surface area contributed by atoms with Crippen LogP contribution in [-0.4, -0.2) is 68.4 Å². The quantitative estimate of drug-likeness (QED) is 0.214. The molecular weight excluding hydrogens is 504 g/mol. The predicted octanol–water partition coefficient (Wildman–Crippen LogP) is 3.07. The number of hydrogen-bond acceptors (Lipinski definition) is 10. The van der Waals surface area contributed by atoms with E-state index < -0.39 is 0 Å². The Morgan fingerprint density at radius 1 is 0.778 bits per heavy atom. The standard InChI is InChI=1S/C22H22N8O4S2/c1-33-17-7-13(3-5-15(17)25-19(31)11-35-21-9-23-29-27-21)14-4-6-16(18(8-14)34-2)26-20(32)12-36-22-10-24-30-28-22/h3-10H,11-12H2,1-2H3,(H,25,31)(H,26,32)(H,23,27,29)(H,24,28,30). The zero-order valence-corrected chi connectivity index (χ0v) is 20.9. The number of nitrogens with zero attached hydrogens (tertiary/aromatic N) is 4. The number of carbonyl (C=O) groups excluding carboxylic acids is 2. The topological polar surface area (TPSA) is 160 Å². The van der Waals surface area contributed by atoms with Crippen LogP contribution in [0, 0.1) is 0 Å². The van der Waals surface area contributed by atoms with E-state index in [-0.39, 0.29) is 23.3 Å². The van der Waals surface area contributed by atoms with Gasteiger partial charge in [-0.1, -0.05) is 35.7 Å². The van der Waals surface area contributed by atoms with Gasteiger partial charge in [0.1, 0.15) is 21.6 Å². The number of thioether (sulfide) groups is 2. The molecule has 0 aliphatic rings. The molecule has 0 fully saturated rings. The average molecular weight is 527 g/mol. The van der Waals surface area contributed by atoms with Crippen molar-refractivity contribution in [3.63, 3.8) is 0 Å². The van der Waals surface area contributed by atoms with E-state index in [9.17, 15) is 9.59 Å². The highest BCUT2D eigenvalue weighted by molar-refractivity contribution is 8.00. The van der Waals surface area contributed by atoms with Crippen molar-refractivity contribution in [2.75, 3.05) is 36.4 Å². The van der Waals surface area contributed by atoms with Crippen molar-refractivity contribution in [2.24, 2.45) is 0 Å². The van der Waals surface area contributed by atoms with Crippen LogP contribution in [-0.2, 0) is 9.59 Å². The smallest absolute Gasteiger partial charge is 0.234 e. The number of hydrogen-bond donors (Lipinski definition) is 4. The number of aromatic nitrogens is 6. The first kappa shape index (κ1) is 25.1. The number of nitrogens with one attached hydrogen (secondary N) is 4. The molecule has 4 N–H and O–H groups in total. The summed E-state index contributed by atoms with van der Waals surface area (Å²) in [7, 11) is 3.07. The fourth-order valence-electron chi connectivity index (χ4n) is 3.12. The summed E-state index contributed by atoms with van der Waals surface area (Å²) in [5, 5.41) is 27.2. The fraction of sp³-hybridized carbons (Fsp3) is 0.182. The third kappa shape index (κ3) is 6.55. The highest BCUT2D eigenvalue weighted by atomic mass is 32.2. The molecule has 14 heteroatoms. The minimum Gasteiger partial charge on any atom is -0.495 e. The van der Waals surface area contributed by atoms with E-state index in [0.29, 0.717) is 32.9 Å². The van der Waals surface area contributed by atoms with Gasteiger partial charge in [-0.15, -0.1) is 10.2 Å². The summed E-state index contributed by atoms with van der Waals surface area (Å²) in [5.41, 5.74) is 2.79. The van der Waals surface area contributed by atoms with Crippen LogP contribution in [0.25, 0.3) is 11.1 Å². The van der Waals surface area contributed by atoms with Crippen molar-refractivity contribution in [2.45, 2.75) is 10.1 Å². The van der Waals surface area contributed by atoms with Gasteiger partial charge < -0.3 is 20.1 Å². The van der Waals surface area contributed by atoms with E-state index >= 15 is 0 Å². The van der Waals surface area contributed by atoms with Crippen molar-refractivity contribution in [1.82, 2.24) is 30.8 Å². The molecule has 0 radical (unpaired) electrons. The number of H-pyrrole nitrogens is 2. The molecule has 4 aromatic rings. The summed E-state index contributed by atoms with van der Waals surface area (Å²) in [6, 6.07) is 10.9. The Morgan fingerprint density at radius 2 is 1.22 bits per heavy atom. The van der Waals surface area contributed by atoms with Gasteiger partial charge in [-0.2, -0.15) is 20.6 Å². The van der Waals surface area contributed by atoms with E-state index in [4.69, 9.17) is 9.47 Å². The number of anilines is 2. The summed E-state index contributed by atoms with van der Waals surface area (Å²) >= 11 is 2.54. The van der Waals surface area contributed by atoms with Crippen LogP contribution in [0.15, 0.2) is 58.8 Å². The van der Waals surface area contributed by atoms with Gasteiger partial charge in [-0.3, -0.25) is 9.59 Å². The van der Waals surface area contributed by atoms with Crippen molar-refractivity contribution in [1.29, 1.82) is 0 Å². The molecular formula is C22H22N8O4S2. The first-order chi connectivity index (χ1) is 17.6. The van der Waals surface area contributed by atoms with Gasteiger partial charge in [0, 0.05) is 0 Å². The van der Waals surface area contributed by atoms with Crippen LogP contribution in [0.2, 0.25) is 0 Å². The van der Waals surface area contributed by atoms with Gasteiger partial charge in [0.15, 0.2) is 0 Å². The van der Waals surface area contributed by atoms with Crippen LogP contribution in [0.5, 0.6) is 11.5 Å². The molecule has 12 nitrogen and oxygen atoms in total. The third-order valence-electron chi connectivity index (χ3n) is 4.77. The second kappa shape index (κ2) is 12.1. The highest BCUT2D eigenvalue weighted by Crippen LogP contribution is 2.35. The monoisotopic (exact) mass is 526 g/mol. The predicted molar refractivity (Wildman–Crippen MR) is 136 cm³/mol. The average Bonchev–Trinajstić information content (AvgIpc) is 3.61. The lowest BCUT2D eigenvalue weighted by Gasteiger charge is -2.14. The molecule has 0 bridgehead atoms. The Labute approximate surface area is 214 Å². The molecule has 0 aliphatic heterocycles. The van der Waals surface area contributed by atoms with Crippen molar-refractivity contribution >= 4 is 46.7 Å². The van der Waals surface area contributed by atoms with Crippen LogP contribution < -0.4 is 20.1 Å². The molecule has 186 valence electrons. The second-order valence-corrected chi connectivity index (χ2v) is 9.11. The number of benzene rings is 2. The lowest BCUT2D eigenvalue weighted by molar-refractivity contribution is -0.114. The van der Waals surface area contributed by atoms with Crippen LogP contribution in [0.4, 0.5) is 11.4 Å². The Balaban J connectivity index is 1.42. The highest BCUT2D eigenvalue weighted by Gasteiger charge is 2.14. The molecule has 2 aromatic heterocycles. The van der Waals surface area contributed by atoms with Crippen molar-refractivity contribution in [3.05, 3.63) is 48.8 Å². The molecule has 2 aromatic carbocycles. The number of methoxy groups -OCH3 is 2. The number of rotatable bonds is 11. The molecule has 36 heavy (non-hydrogen) atoms. The maximum atomic E-state index is 12.3. The van der Waals surface area contributed by atoms with Gasteiger partial charge in [-0.25, -0.2) is 0 Å². The lowest BCUT2D eigenvalue weighted by Crippen LogP contribution is -2.15. The Hall–Kier alpha value is -4.04. The largest absolute Gasteiger partial charge is 0.495 e.